The molecule has 88 valence electrons. The van der Waals surface area contributed by atoms with Crippen LogP contribution in [0.25, 0.3) is 0 Å². The van der Waals surface area contributed by atoms with Crippen LogP contribution >= 0.6 is 15.9 Å². The SMILES string of the molecule is Cc1nc(Br)cc(NC2CCN(C)CC2)n1. The third kappa shape index (κ3) is 3.15. The van der Waals surface area contributed by atoms with Gasteiger partial charge in [0.05, 0.1) is 0 Å². The first-order chi connectivity index (χ1) is 7.63. The van der Waals surface area contributed by atoms with Gasteiger partial charge in [-0.2, -0.15) is 0 Å². The molecule has 2 rings (SSSR count). The number of rotatable bonds is 2. The van der Waals surface area contributed by atoms with E-state index in [0.29, 0.717) is 6.04 Å². The summed E-state index contributed by atoms with van der Waals surface area (Å²) in [4.78, 5) is 10.9. The Morgan fingerprint density at radius 1 is 1.38 bits per heavy atom. The number of aryl methyl sites for hydroxylation is 1. The summed E-state index contributed by atoms with van der Waals surface area (Å²) in [6.45, 7) is 4.22. The van der Waals surface area contributed by atoms with Crippen LogP contribution in [0.3, 0.4) is 0 Å². The van der Waals surface area contributed by atoms with E-state index in [-0.39, 0.29) is 0 Å². The fourth-order valence-electron chi connectivity index (χ4n) is 1.97. The Morgan fingerprint density at radius 3 is 2.69 bits per heavy atom. The molecule has 1 N–H and O–H groups in total. The number of hydrogen-bond acceptors (Lipinski definition) is 4. The molecular formula is C11H17BrN4. The minimum atomic E-state index is 0.539. The molecule has 0 radical (unpaired) electrons. The van der Waals surface area contributed by atoms with E-state index in [2.05, 4.69) is 43.2 Å². The van der Waals surface area contributed by atoms with E-state index in [0.717, 1.165) is 29.3 Å². The Morgan fingerprint density at radius 2 is 2.06 bits per heavy atom. The van der Waals surface area contributed by atoms with Crippen molar-refractivity contribution >= 4 is 21.7 Å². The maximum absolute atomic E-state index is 4.38. The van der Waals surface area contributed by atoms with Crippen LogP contribution in [0, 0.1) is 6.92 Å². The monoisotopic (exact) mass is 284 g/mol. The minimum Gasteiger partial charge on any atom is -0.367 e. The number of aromatic nitrogens is 2. The second kappa shape index (κ2) is 5.10. The molecular weight excluding hydrogens is 268 g/mol. The molecule has 0 spiro atoms. The zero-order valence-electron chi connectivity index (χ0n) is 9.70. The van der Waals surface area contributed by atoms with E-state index in [1.165, 1.54) is 12.8 Å². The van der Waals surface area contributed by atoms with Crippen molar-refractivity contribution in [1.82, 2.24) is 14.9 Å². The molecule has 1 fully saturated rings. The van der Waals surface area contributed by atoms with Crippen LogP contribution < -0.4 is 5.32 Å². The summed E-state index contributed by atoms with van der Waals surface area (Å²) in [5, 5.41) is 3.48. The van der Waals surface area contributed by atoms with Gasteiger partial charge in [0.25, 0.3) is 0 Å². The first-order valence-electron chi connectivity index (χ1n) is 5.60. The van der Waals surface area contributed by atoms with Gasteiger partial charge >= 0.3 is 0 Å². The molecule has 0 atom stereocenters. The molecule has 5 heteroatoms. The Kier molecular flexibility index (Phi) is 3.76. The van der Waals surface area contributed by atoms with Crippen molar-refractivity contribution in [1.29, 1.82) is 0 Å². The molecule has 0 bridgehead atoms. The van der Waals surface area contributed by atoms with Gasteiger partial charge in [0.15, 0.2) is 0 Å². The smallest absolute Gasteiger partial charge is 0.131 e. The van der Waals surface area contributed by atoms with Gasteiger partial charge < -0.3 is 10.2 Å². The fraction of sp³-hybridized carbons (Fsp3) is 0.636. The van der Waals surface area contributed by atoms with E-state index in [1.54, 1.807) is 0 Å². The van der Waals surface area contributed by atoms with Crippen LogP contribution in [0.2, 0.25) is 0 Å². The highest BCUT2D eigenvalue weighted by Crippen LogP contribution is 2.17. The summed E-state index contributed by atoms with van der Waals surface area (Å²) < 4.78 is 0.843. The van der Waals surface area contributed by atoms with Crippen LogP contribution in [0.4, 0.5) is 5.82 Å². The van der Waals surface area contributed by atoms with Gasteiger partial charge in [-0.1, -0.05) is 0 Å². The summed E-state index contributed by atoms with van der Waals surface area (Å²) >= 11 is 3.39. The maximum Gasteiger partial charge on any atom is 0.131 e. The summed E-state index contributed by atoms with van der Waals surface area (Å²) in [5.41, 5.74) is 0. The highest BCUT2D eigenvalue weighted by Gasteiger charge is 2.16. The fourth-order valence-corrected chi connectivity index (χ4v) is 2.44. The van der Waals surface area contributed by atoms with Crippen LogP contribution in [-0.2, 0) is 0 Å². The second-order valence-electron chi connectivity index (χ2n) is 4.35. The Labute approximate surface area is 105 Å². The molecule has 0 amide bonds. The molecule has 4 nitrogen and oxygen atoms in total. The zero-order chi connectivity index (χ0) is 11.5. The second-order valence-corrected chi connectivity index (χ2v) is 5.16. The van der Waals surface area contributed by atoms with Crippen LogP contribution in [0.15, 0.2) is 10.7 Å². The third-order valence-corrected chi connectivity index (χ3v) is 3.28. The van der Waals surface area contributed by atoms with E-state index in [9.17, 15) is 0 Å². The number of likely N-dealkylation sites (tertiary alicyclic amines) is 1. The van der Waals surface area contributed by atoms with Gasteiger partial charge in [-0.25, -0.2) is 9.97 Å². The molecule has 1 aliphatic heterocycles. The van der Waals surface area contributed by atoms with Crippen molar-refractivity contribution in [3.05, 3.63) is 16.5 Å². The Hall–Kier alpha value is -0.680. The van der Waals surface area contributed by atoms with Crippen molar-refractivity contribution < 1.29 is 0 Å². The molecule has 0 unspecified atom stereocenters. The van der Waals surface area contributed by atoms with E-state index in [4.69, 9.17) is 0 Å². The molecule has 1 aromatic heterocycles. The molecule has 0 saturated carbocycles. The Balaban J connectivity index is 1.98. The van der Waals surface area contributed by atoms with Gasteiger partial charge in [0.1, 0.15) is 16.2 Å². The van der Waals surface area contributed by atoms with E-state index in [1.807, 2.05) is 13.0 Å². The first-order valence-corrected chi connectivity index (χ1v) is 6.39. The number of nitrogens with zero attached hydrogens (tertiary/aromatic N) is 3. The normalized spacial score (nSPS) is 18.7. The average molecular weight is 285 g/mol. The standard InChI is InChI=1S/C11H17BrN4/c1-8-13-10(12)7-11(14-8)15-9-3-5-16(2)6-4-9/h7,9H,3-6H2,1-2H3,(H,13,14,15). The first kappa shape index (κ1) is 11.8. The number of hydrogen-bond donors (Lipinski definition) is 1. The molecule has 1 saturated heterocycles. The molecule has 1 aliphatic rings. The summed E-state index contributed by atoms with van der Waals surface area (Å²) in [6.07, 6.45) is 2.36. The molecule has 0 aliphatic carbocycles. The van der Waals surface area contributed by atoms with Crippen molar-refractivity contribution in [3.63, 3.8) is 0 Å². The lowest BCUT2D eigenvalue weighted by molar-refractivity contribution is 0.263. The third-order valence-electron chi connectivity index (χ3n) is 2.88. The number of anilines is 1. The topological polar surface area (TPSA) is 41.1 Å². The maximum atomic E-state index is 4.38. The van der Waals surface area contributed by atoms with Gasteiger partial charge in [0, 0.05) is 12.1 Å². The molecule has 2 heterocycles. The highest BCUT2D eigenvalue weighted by atomic mass is 79.9. The summed E-state index contributed by atoms with van der Waals surface area (Å²) in [7, 11) is 2.17. The molecule has 0 aromatic carbocycles. The van der Waals surface area contributed by atoms with Crippen LogP contribution in [0.5, 0.6) is 0 Å². The van der Waals surface area contributed by atoms with Crippen LogP contribution in [0.1, 0.15) is 18.7 Å². The van der Waals surface area contributed by atoms with Crippen molar-refractivity contribution in [2.45, 2.75) is 25.8 Å². The van der Waals surface area contributed by atoms with E-state index < -0.39 is 0 Å². The number of nitrogens with one attached hydrogen (secondary N) is 1. The minimum absolute atomic E-state index is 0.539. The lowest BCUT2D eigenvalue weighted by Gasteiger charge is -2.29. The quantitative estimate of drug-likeness (QED) is 0.844. The molecule has 1 aromatic rings. The lowest BCUT2D eigenvalue weighted by Crippen LogP contribution is -2.36. The molecule has 16 heavy (non-hydrogen) atoms. The van der Waals surface area contributed by atoms with Gasteiger partial charge in [-0.15, -0.1) is 0 Å². The highest BCUT2D eigenvalue weighted by molar-refractivity contribution is 9.10. The van der Waals surface area contributed by atoms with Crippen molar-refractivity contribution in [2.75, 3.05) is 25.5 Å². The van der Waals surface area contributed by atoms with Crippen molar-refractivity contribution in [3.8, 4) is 0 Å². The summed E-state index contributed by atoms with van der Waals surface area (Å²) in [5.74, 6) is 1.72. The summed E-state index contributed by atoms with van der Waals surface area (Å²) in [6, 6.07) is 2.48. The Bertz CT molecular complexity index is 341. The van der Waals surface area contributed by atoms with Gasteiger partial charge in [-0.05, 0) is 55.8 Å². The van der Waals surface area contributed by atoms with Gasteiger partial charge in [0.2, 0.25) is 0 Å². The predicted molar refractivity (Wildman–Crippen MR) is 68.6 cm³/mol. The van der Waals surface area contributed by atoms with E-state index >= 15 is 0 Å². The number of piperidine rings is 1. The van der Waals surface area contributed by atoms with Gasteiger partial charge in [-0.3, -0.25) is 0 Å². The predicted octanol–water partition coefficient (Wildman–Crippen LogP) is 2.05. The van der Waals surface area contributed by atoms with Crippen molar-refractivity contribution in [2.24, 2.45) is 0 Å². The van der Waals surface area contributed by atoms with Crippen LogP contribution in [-0.4, -0.2) is 41.0 Å². The zero-order valence-corrected chi connectivity index (χ0v) is 11.3. The largest absolute Gasteiger partial charge is 0.367 e. The average Bonchev–Trinajstić information content (AvgIpc) is 2.20. The lowest BCUT2D eigenvalue weighted by atomic mass is 10.1. The number of halogens is 1.